The number of Topliss-reactive ketones (excluding diaryl/α,β-unsaturated/α-hetero) is 1. The maximum Gasteiger partial charge on any atom is 0.338 e. The van der Waals surface area contributed by atoms with Gasteiger partial charge in [-0.25, -0.2) is 13.2 Å². The zero-order valence-electron chi connectivity index (χ0n) is 18.4. The normalized spacial score (nSPS) is 19.9. The van der Waals surface area contributed by atoms with E-state index in [1.807, 2.05) is 39.3 Å². The highest BCUT2D eigenvalue weighted by Gasteiger charge is 2.32. The molecule has 1 fully saturated rings. The molecule has 3 rings (SSSR count). The summed E-state index contributed by atoms with van der Waals surface area (Å²) in [5.41, 5.74) is 2.29. The molecule has 0 N–H and O–H groups in total. The number of carbonyl (C=O) groups excluding carboxylic acids is 2. The summed E-state index contributed by atoms with van der Waals surface area (Å²) in [5, 5.41) is 0. The van der Waals surface area contributed by atoms with Crippen LogP contribution in [0, 0.1) is 13.8 Å². The van der Waals surface area contributed by atoms with E-state index in [2.05, 4.69) is 0 Å². The highest BCUT2D eigenvalue weighted by atomic mass is 32.2. The maximum atomic E-state index is 13.0. The number of hydrogen-bond donors (Lipinski definition) is 0. The molecule has 9 heteroatoms. The van der Waals surface area contributed by atoms with Crippen LogP contribution in [0.3, 0.4) is 0 Å². The maximum absolute atomic E-state index is 13.0. The summed E-state index contributed by atoms with van der Waals surface area (Å²) in [7, 11) is -1.93. The summed E-state index contributed by atoms with van der Waals surface area (Å²) in [4.78, 5) is 24.9. The predicted molar refractivity (Wildman–Crippen MR) is 115 cm³/mol. The van der Waals surface area contributed by atoms with Crippen molar-refractivity contribution < 1.29 is 27.5 Å². The molecule has 8 nitrogen and oxygen atoms in total. The van der Waals surface area contributed by atoms with Crippen LogP contribution in [0.15, 0.2) is 35.2 Å². The molecule has 168 valence electrons. The van der Waals surface area contributed by atoms with E-state index in [4.69, 9.17) is 9.47 Å². The summed E-state index contributed by atoms with van der Waals surface area (Å²) < 4.78 is 40.1. The molecule has 2 atom stereocenters. The van der Waals surface area contributed by atoms with Gasteiger partial charge in [0.25, 0.3) is 0 Å². The number of ether oxygens (including phenoxy) is 2. The predicted octanol–water partition coefficient (Wildman–Crippen LogP) is 2.48. The Morgan fingerprint density at radius 1 is 1.13 bits per heavy atom. The summed E-state index contributed by atoms with van der Waals surface area (Å²) in [5.74, 6) is -1.06. The van der Waals surface area contributed by atoms with Crippen molar-refractivity contribution in [3.05, 3.63) is 52.8 Å². The number of ketones is 1. The van der Waals surface area contributed by atoms with Crippen molar-refractivity contribution in [3.63, 3.8) is 0 Å². The number of morpholine rings is 1. The average Bonchev–Trinajstić information content (AvgIpc) is 2.98. The molecular formula is C22H28N2O6S. The first kappa shape index (κ1) is 23.2. The molecule has 31 heavy (non-hydrogen) atoms. The van der Waals surface area contributed by atoms with Crippen LogP contribution < -0.4 is 0 Å². The molecule has 1 aromatic carbocycles. The Morgan fingerprint density at radius 2 is 1.77 bits per heavy atom. The van der Waals surface area contributed by atoms with Gasteiger partial charge in [-0.2, -0.15) is 4.31 Å². The van der Waals surface area contributed by atoms with E-state index in [9.17, 15) is 18.0 Å². The van der Waals surface area contributed by atoms with Crippen LogP contribution in [0.4, 0.5) is 0 Å². The molecule has 2 unspecified atom stereocenters. The number of esters is 1. The minimum atomic E-state index is -3.79. The molecule has 0 spiro atoms. The van der Waals surface area contributed by atoms with E-state index >= 15 is 0 Å². The van der Waals surface area contributed by atoms with E-state index in [1.54, 1.807) is 6.07 Å². The van der Waals surface area contributed by atoms with Gasteiger partial charge < -0.3 is 14.0 Å². The van der Waals surface area contributed by atoms with E-state index < -0.39 is 22.6 Å². The Kier molecular flexibility index (Phi) is 6.68. The second kappa shape index (κ2) is 8.94. The molecule has 2 heterocycles. The minimum Gasteiger partial charge on any atom is -0.454 e. The number of aryl methyl sites for hydroxylation is 1. The van der Waals surface area contributed by atoms with Crippen LogP contribution in [0.1, 0.15) is 46.0 Å². The molecule has 2 aromatic rings. The third kappa shape index (κ3) is 4.89. The van der Waals surface area contributed by atoms with Gasteiger partial charge in [-0.15, -0.1) is 0 Å². The first-order valence-electron chi connectivity index (χ1n) is 10.1. The number of rotatable bonds is 6. The summed E-state index contributed by atoms with van der Waals surface area (Å²) in [6.07, 6.45) is -0.439. The van der Waals surface area contributed by atoms with Crippen molar-refractivity contribution >= 4 is 21.8 Å². The number of benzene rings is 1. The van der Waals surface area contributed by atoms with Crippen LogP contribution in [0.5, 0.6) is 0 Å². The van der Waals surface area contributed by atoms with Gasteiger partial charge in [0, 0.05) is 37.1 Å². The lowest BCUT2D eigenvalue weighted by atomic mass is 10.1. The fourth-order valence-electron chi connectivity index (χ4n) is 3.69. The summed E-state index contributed by atoms with van der Waals surface area (Å²) >= 11 is 0. The lowest BCUT2D eigenvalue weighted by Gasteiger charge is -2.34. The smallest absolute Gasteiger partial charge is 0.338 e. The fraction of sp³-hybridized carbons (Fsp3) is 0.455. The fourth-order valence-corrected chi connectivity index (χ4v) is 5.33. The van der Waals surface area contributed by atoms with Gasteiger partial charge in [-0.1, -0.05) is 6.07 Å². The SMILES string of the molecule is Cc1cc(C(=O)COC(=O)c2cccc(S(=O)(=O)N3CC(C)OC(C)C3)c2)c(C)n1C. The van der Waals surface area contributed by atoms with Crippen LogP contribution in [0.2, 0.25) is 0 Å². The molecule has 0 radical (unpaired) electrons. The summed E-state index contributed by atoms with van der Waals surface area (Å²) in [6.45, 7) is 7.41. The van der Waals surface area contributed by atoms with Crippen molar-refractivity contribution in [2.45, 2.75) is 44.8 Å². The minimum absolute atomic E-state index is 0.00380. The monoisotopic (exact) mass is 448 g/mol. The molecule has 0 saturated carbocycles. The standard InChI is InChI=1S/C22H28N2O6S/c1-14-9-20(17(4)23(14)5)21(25)13-29-22(26)18-7-6-8-19(10-18)31(27,28)24-11-15(2)30-16(3)12-24/h6-10,15-16H,11-13H2,1-5H3. The van der Waals surface area contributed by atoms with Gasteiger partial charge in [-0.3, -0.25) is 4.79 Å². The third-order valence-electron chi connectivity index (χ3n) is 5.50. The average molecular weight is 449 g/mol. The van der Waals surface area contributed by atoms with E-state index in [0.29, 0.717) is 5.56 Å². The number of carbonyl (C=O) groups is 2. The van der Waals surface area contributed by atoms with Crippen LogP contribution in [-0.4, -0.2) is 60.9 Å². The van der Waals surface area contributed by atoms with E-state index in [0.717, 1.165) is 11.4 Å². The summed E-state index contributed by atoms with van der Waals surface area (Å²) in [6, 6.07) is 7.43. The molecule has 0 aliphatic carbocycles. The lowest BCUT2D eigenvalue weighted by molar-refractivity contribution is -0.0440. The molecule has 1 saturated heterocycles. The molecule has 1 aliphatic heterocycles. The molecule has 0 bridgehead atoms. The Hall–Kier alpha value is -2.49. The number of sulfonamides is 1. The Morgan fingerprint density at radius 3 is 2.35 bits per heavy atom. The zero-order chi connectivity index (χ0) is 22.9. The largest absolute Gasteiger partial charge is 0.454 e. The molecule has 1 aromatic heterocycles. The molecule has 0 amide bonds. The van der Waals surface area contributed by atoms with Crippen LogP contribution >= 0.6 is 0 Å². The lowest BCUT2D eigenvalue weighted by Crippen LogP contribution is -2.48. The van der Waals surface area contributed by atoms with E-state index in [-0.39, 0.29) is 41.5 Å². The van der Waals surface area contributed by atoms with Crippen molar-refractivity contribution in [3.8, 4) is 0 Å². The quantitative estimate of drug-likeness (QED) is 0.498. The highest BCUT2D eigenvalue weighted by molar-refractivity contribution is 7.89. The second-order valence-corrected chi connectivity index (χ2v) is 9.89. The Labute approximate surface area is 182 Å². The Bertz CT molecular complexity index is 1100. The van der Waals surface area contributed by atoms with Gasteiger partial charge >= 0.3 is 5.97 Å². The van der Waals surface area contributed by atoms with Gasteiger partial charge in [0.2, 0.25) is 15.8 Å². The van der Waals surface area contributed by atoms with Gasteiger partial charge in [0.15, 0.2) is 6.61 Å². The molecular weight excluding hydrogens is 420 g/mol. The van der Waals surface area contributed by atoms with Crippen LogP contribution in [0.25, 0.3) is 0 Å². The third-order valence-corrected chi connectivity index (χ3v) is 7.33. The van der Waals surface area contributed by atoms with Gasteiger partial charge in [0.05, 0.1) is 22.7 Å². The van der Waals surface area contributed by atoms with Crippen molar-refractivity contribution in [1.29, 1.82) is 0 Å². The highest BCUT2D eigenvalue weighted by Crippen LogP contribution is 2.22. The van der Waals surface area contributed by atoms with Crippen molar-refractivity contribution in [1.82, 2.24) is 8.87 Å². The van der Waals surface area contributed by atoms with Crippen molar-refractivity contribution in [2.24, 2.45) is 7.05 Å². The number of aromatic nitrogens is 1. The number of hydrogen-bond acceptors (Lipinski definition) is 6. The number of nitrogens with zero attached hydrogens (tertiary/aromatic N) is 2. The first-order chi connectivity index (χ1) is 14.5. The van der Waals surface area contributed by atoms with E-state index in [1.165, 1.54) is 28.6 Å². The Balaban J connectivity index is 1.72. The zero-order valence-corrected chi connectivity index (χ0v) is 19.2. The topological polar surface area (TPSA) is 94.9 Å². The molecule has 1 aliphatic rings. The van der Waals surface area contributed by atoms with Crippen molar-refractivity contribution in [2.75, 3.05) is 19.7 Å². The van der Waals surface area contributed by atoms with Crippen LogP contribution in [-0.2, 0) is 26.5 Å². The second-order valence-electron chi connectivity index (χ2n) is 7.95. The first-order valence-corrected chi connectivity index (χ1v) is 11.5. The van der Waals surface area contributed by atoms with Gasteiger partial charge in [-0.05, 0) is 52.0 Å². The van der Waals surface area contributed by atoms with Gasteiger partial charge in [0.1, 0.15) is 0 Å².